The number of benzene rings is 3. The van der Waals surface area contributed by atoms with Crippen LogP contribution in [0.2, 0.25) is 0 Å². The largest absolute Gasteiger partial charge is 0.508 e. The van der Waals surface area contributed by atoms with Gasteiger partial charge in [-0.1, -0.05) is 18.2 Å². The summed E-state index contributed by atoms with van der Waals surface area (Å²) in [5.41, 5.74) is 0.894. The Bertz CT molecular complexity index is 1530. The summed E-state index contributed by atoms with van der Waals surface area (Å²) in [5.74, 6) is -2.56. The van der Waals surface area contributed by atoms with Gasteiger partial charge in [-0.2, -0.15) is 0 Å². The summed E-state index contributed by atoms with van der Waals surface area (Å²) in [7, 11) is 0. The van der Waals surface area contributed by atoms with E-state index >= 15 is 0 Å². The molecule has 0 aromatic heterocycles. The number of Topliss-reactive ketones (excluding diaryl/α,β-unsaturated/α-hetero) is 1. The first-order chi connectivity index (χ1) is 20.5. The molecule has 226 valence electrons. The minimum Gasteiger partial charge on any atom is -0.508 e. The van der Waals surface area contributed by atoms with Crippen molar-refractivity contribution < 1.29 is 64.3 Å². The third-order valence-electron chi connectivity index (χ3n) is 6.95. The van der Waals surface area contributed by atoms with Gasteiger partial charge in [0, 0.05) is 18.2 Å². The van der Waals surface area contributed by atoms with Crippen molar-refractivity contribution in [3.05, 3.63) is 77.4 Å². The number of hydrogen-bond donors (Lipinski definition) is 7. The van der Waals surface area contributed by atoms with Gasteiger partial charge in [-0.05, 0) is 41.5 Å². The Morgan fingerprint density at radius 2 is 1.63 bits per heavy atom. The molecular formula is C30H28O13. The Morgan fingerprint density at radius 1 is 0.884 bits per heavy atom. The lowest BCUT2D eigenvalue weighted by atomic mass is 9.95. The SMILES string of the molecule is O=C(C=Cc1ccc(O)cc1)OCC1OC(Oc2cc(C3CC(=O)c4c(O)cc(O)cc4O3)ccc2O)C(O)C(O)C1O. The highest BCUT2D eigenvalue weighted by molar-refractivity contribution is 6.02. The van der Waals surface area contributed by atoms with Crippen molar-refractivity contribution in [2.24, 2.45) is 0 Å². The van der Waals surface area contributed by atoms with E-state index in [0.29, 0.717) is 11.1 Å². The van der Waals surface area contributed by atoms with Crippen LogP contribution in [-0.4, -0.2) is 84.8 Å². The Balaban J connectivity index is 1.27. The minimum atomic E-state index is -1.77. The summed E-state index contributed by atoms with van der Waals surface area (Å²) < 4.78 is 22.2. The van der Waals surface area contributed by atoms with E-state index in [1.165, 1.54) is 42.5 Å². The van der Waals surface area contributed by atoms with E-state index < -0.39 is 60.9 Å². The summed E-state index contributed by atoms with van der Waals surface area (Å²) in [5, 5.41) is 70.9. The van der Waals surface area contributed by atoms with Crippen molar-refractivity contribution in [3.8, 4) is 34.5 Å². The summed E-state index contributed by atoms with van der Waals surface area (Å²) in [4.78, 5) is 24.9. The van der Waals surface area contributed by atoms with Gasteiger partial charge in [-0.25, -0.2) is 4.79 Å². The van der Waals surface area contributed by atoms with Gasteiger partial charge in [-0.15, -0.1) is 0 Å². The zero-order valence-corrected chi connectivity index (χ0v) is 22.3. The molecule has 2 aliphatic rings. The average Bonchev–Trinajstić information content (AvgIpc) is 2.96. The van der Waals surface area contributed by atoms with Crippen molar-refractivity contribution in [2.45, 2.75) is 43.2 Å². The zero-order valence-electron chi connectivity index (χ0n) is 22.3. The number of phenolic OH excluding ortho intramolecular Hbond substituents is 4. The summed E-state index contributed by atoms with van der Waals surface area (Å²) in [6.45, 7) is -0.521. The second-order valence-corrected chi connectivity index (χ2v) is 9.99. The van der Waals surface area contributed by atoms with E-state index in [4.69, 9.17) is 18.9 Å². The number of carbonyl (C=O) groups excluding carboxylic acids is 2. The molecule has 3 aromatic carbocycles. The second-order valence-electron chi connectivity index (χ2n) is 9.99. The molecule has 1 fully saturated rings. The van der Waals surface area contributed by atoms with E-state index in [-0.39, 0.29) is 40.7 Å². The molecule has 0 saturated carbocycles. The summed E-state index contributed by atoms with van der Waals surface area (Å²) >= 11 is 0. The zero-order chi connectivity index (χ0) is 30.8. The number of aliphatic hydroxyl groups excluding tert-OH is 3. The lowest BCUT2D eigenvalue weighted by Crippen LogP contribution is -2.60. The Morgan fingerprint density at radius 3 is 2.37 bits per heavy atom. The second kappa shape index (κ2) is 12.2. The van der Waals surface area contributed by atoms with Crippen molar-refractivity contribution in [1.82, 2.24) is 0 Å². The molecule has 1 saturated heterocycles. The van der Waals surface area contributed by atoms with Gasteiger partial charge in [0.15, 0.2) is 17.3 Å². The topological polar surface area (TPSA) is 213 Å². The smallest absolute Gasteiger partial charge is 0.330 e. The average molecular weight is 597 g/mol. The number of phenols is 4. The van der Waals surface area contributed by atoms with Crippen LogP contribution < -0.4 is 9.47 Å². The molecule has 13 nitrogen and oxygen atoms in total. The highest BCUT2D eigenvalue weighted by Crippen LogP contribution is 2.43. The number of carbonyl (C=O) groups is 2. The van der Waals surface area contributed by atoms with E-state index in [2.05, 4.69) is 0 Å². The molecule has 7 N–H and O–H groups in total. The van der Waals surface area contributed by atoms with Gasteiger partial charge < -0.3 is 54.7 Å². The van der Waals surface area contributed by atoms with Crippen LogP contribution in [0.4, 0.5) is 0 Å². The van der Waals surface area contributed by atoms with Crippen LogP contribution in [0.15, 0.2) is 60.7 Å². The van der Waals surface area contributed by atoms with Crippen molar-refractivity contribution >= 4 is 17.8 Å². The van der Waals surface area contributed by atoms with Crippen LogP contribution in [0.5, 0.6) is 34.5 Å². The number of ketones is 1. The highest BCUT2D eigenvalue weighted by Gasteiger charge is 2.45. The quantitative estimate of drug-likeness (QED) is 0.153. The number of rotatable bonds is 7. The van der Waals surface area contributed by atoms with Gasteiger partial charge in [0.1, 0.15) is 65.7 Å². The molecule has 5 rings (SSSR count). The predicted molar refractivity (Wildman–Crippen MR) is 146 cm³/mol. The maximum absolute atomic E-state index is 12.7. The lowest BCUT2D eigenvalue weighted by molar-refractivity contribution is -0.278. The molecule has 13 heteroatoms. The number of aliphatic hydroxyl groups is 3. The molecule has 2 heterocycles. The number of fused-ring (bicyclic) bond motifs is 1. The van der Waals surface area contributed by atoms with Crippen molar-refractivity contribution in [1.29, 1.82) is 0 Å². The molecule has 0 radical (unpaired) electrons. The fourth-order valence-electron chi connectivity index (χ4n) is 4.68. The van der Waals surface area contributed by atoms with Crippen LogP contribution in [0.25, 0.3) is 6.08 Å². The predicted octanol–water partition coefficient (Wildman–Crippen LogP) is 1.66. The first kappa shape index (κ1) is 29.7. The molecule has 6 atom stereocenters. The number of hydrogen-bond acceptors (Lipinski definition) is 13. The monoisotopic (exact) mass is 596 g/mol. The minimum absolute atomic E-state index is 0.0345. The van der Waals surface area contributed by atoms with Crippen LogP contribution in [0, 0.1) is 0 Å². The van der Waals surface area contributed by atoms with Crippen LogP contribution in [0.3, 0.4) is 0 Å². The number of aromatic hydroxyl groups is 4. The van der Waals surface area contributed by atoms with E-state index in [0.717, 1.165) is 12.1 Å². The van der Waals surface area contributed by atoms with Crippen LogP contribution in [-0.2, 0) is 14.3 Å². The first-order valence-electron chi connectivity index (χ1n) is 13.1. The number of esters is 1. The fraction of sp³-hybridized carbons (Fsp3) is 0.267. The molecule has 0 aliphatic carbocycles. The maximum Gasteiger partial charge on any atom is 0.330 e. The Labute approximate surface area is 244 Å². The third kappa shape index (κ3) is 6.49. The molecular weight excluding hydrogens is 568 g/mol. The molecule has 6 unspecified atom stereocenters. The van der Waals surface area contributed by atoms with Crippen molar-refractivity contribution in [2.75, 3.05) is 6.61 Å². The molecule has 0 amide bonds. The Kier molecular flexibility index (Phi) is 8.41. The van der Waals surface area contributed by atoms with E-state index in [1.807, 2.05) is 0 Å². The van der Waals surface area contributed by atoms with Crippen LogP contribution in [0.1, 0.15) is 34.0 Å². The fourth-order valence-corrected chi connectivity index (χ4v) is 4.68. The van der Waals surface area contributed by atoms with Gasteiger partial charge >= 0.3 is 5.97 Å². The van der Waals surface area contributed by atoms with Gasteiger partial charge in [-0.3, -0.25) is 4.79 Å². The lowest BCUT2D eigenvalue weighted by Gasteiger charge is -2.40. The molecule has 3 aromatic rings. The molecule has 43 heavy (non-hydrogen) atoms. The Hall–Kier alpha value is -4.82. The standard InChI is InChI=1S/C30H28O13/c31-16-5-1-14(2-6-16)3-8-25(36)40-13-24-27(37)28(38)29(39)30(43-24)42-22-9-15(4-7-18(22)33)21-12-20(35)26-19(34)10-17(32)11-23(26)41-21/h1-11,21,24,27-34,37-39H,12-13H2. The highest BCUT2D eigenvalue weighted by atomic mass is 16.7. The van der Waals surface area contributed by atoms with E-state index in [1.54, 1.807) is 12.1 Å². The molecule has 0 spiro atoms. The van der Waals surface area contributed by atoms with Gasteiger partial charge in [0.25, 0.3) is 0 Å². The molecule has 2 aliphatic heterocycles. The molecule has 0 bridgehead atoms. The van der Waals surface area contributed by atoms with Gasteiger partial charge in [0.05, 0.1) is 6.42 Å². The number of ether oxygens (including phenoxy) is 4. The van der Waals surface area contributed by atoms with Crippen molar-refractivity contribution in [3.63, 3.8) is 0 Å². The van der Waals surface area contributed by atoms with Crippen LogP contribution >= 0.6 is 0 Å². The van der Waals surface area contributed by atoms with E-state index in [9.17, 15) is 45.3 Å². The normalized spacial score (nSPS) is 25.1. The third-order valence-corrected chi connectivity index (χ3v) is 6.95. The van der Waals surface area contributed by atoms with Gasteiger partial charge in [0.2, 0.25) is 6.29 Å². The summed E-state index contributed by atoms with van der Waals surface area (Å²) in [6, 6.07) is 12.3. The first-order valence-corrected chi connectivity index (χ1v) is 13.1. The maximum atomic E-state index is 12.7. The summed E-state index contributed by atoms with van der Waals surface area (Å²) in [6.07, 6.45) is -6.67.